The van der Waals surface area contributed by atoms with E-state index in [1.165, 1.54) is 12.8 Å². The second-order valence-electron chi connectivity index (χ2n) is 8.92. The van der Waals surface area contributed by atoms with Gasteiger partial charge in [0.25, 0.3) is 0 Å². The van der Waals surface area contributed by atoms with Crippen LogP contribution in [0, 0.1) is 11.8 Å². The van der Waals surface area contributed by atoms with Crippen LogP contribution >= 0.6 is 11.6 Å². The van der Waals surface area contributed by atoms with Crippen molar-refractivity contribution in [3.05, 3.63) is 46.8 Å². The molecule has 168 valence electrons. The van der Waals surface area contributed by atoms with Gasteiger partial charge in [-0.05, 0) is 81.5 Å². The Balaban J connectivity index is 1.22. The van der Waals surface area contributed by atoms with Gasteiger partial charge in [-0.25, -0.2) is 0 Å². The molecule has 1 saturated carbocycles. The number of nitrogens with zero attached hydrogens (tertiary/aromatic N) is 4. The Morgan fingerprint density at radius 1 is 1.09 bits per heavy atom. The van der Waals surface area contributed by atoms with Crippen molar-refractivity contribution in [2.45, 2.75) is 45.4 Å². The van der Waals surface area contributed by atoms with Crippen molar-refractivity contribution in [1.82, 2.24) is 15.4 Å². The normalized spacial score (nSPS) is 17.5. The van der Waals surface area contributed by atoms with Crippen molar-refractivity contribution in [3.63, 3.8) is 0 Å². The summed E-state index contributed by atoms with van der Waals surface area (Å²) in [5.41, 5.74) is 2.88. The van der Waals surface area contributed by atoms with Crippen LogP contribution in [0.5, 0.6) is 5.75 Å². The lowest BCUT2D eigenvalue weighted by Gasteiger charge is -2.32. The molecule has 6 nitrogen and oxygen atoms in total. The quantitative estimate of drug-likeness (QED) is 0.421. The number of anilines is 1. The molecular weight excluding hydrogens is 424 g/mol. The minimum atomic E-state index is 0.433. The summed E-state index contributed by atoms with van der Waals surface area (Å²) in [5, 5.41) is 14.1. The van der Waals surface area contributed by atoms with Gasteiger partial charge in [0.1, 0.15) is 5.75 Å². The largest absolute Gasteiger partial charge is 0.493 e. The predicted octanol–water partition coefficient (Wildman–Crippen LogP) is 5.94. The van der Waals surface area contributed by atoms with Crippen LogP contribution in [0.3, 0.4) is 0 Å². The van der Waals surface area contributed by atoms with Crippen LogP contribution in [0.4, 0.5) is 5.82 Å². The minimum absolute atomic E-state index is 0.433. The highest BCUT2D eigenvalue weighted by Gasteiger charge is 2.24. The minimum Gasteiger partial charge on any atom is -0.493 e. The van der Waals surface area contributed by atoms with Gasteiger partial charge in [0.05, 0.1) is 17.9 Å². The van der Waals surface area contributed by atoms with Crippen molar-refractivity contribution in [1.29, 1.82) is 0 Å². The fraction of sp³-hybridized carbons (Fsp3) is 0.480. The average Bonchev–Trinajstić information content (AvgIpc) is 3.56. The van der Waals surface area contributed by atoms with Crippen molar-refractivity contribution < 1.29 is 9.26 Å². The van der Waals surface area contributed by atoms with E-state index in [9.17, 15) is 0 Å². The summed E-state index contributed by atoms with van der Waals surface area (Å²) < 4.78 is 11.9. The Hall–Kier alpha value is -2.60. The molecule has 1 aliphatic carbocycles. The maximum atomic E-state index is 6.08. The predicted molar refractivity (Wildman–Crippen MR) is 127 cm³/mol. The number of aromatic nitrogens is 3. The van der Waals surface area contributed by atoms with E-state index in [-0.39, 0.29) is 0 Å². The number of allylic oxidation sites excluding steroid dienone is 1. The maximum Gasteiger partial charge on any atom is 0.178 e. The van der Waals surface area contributed by atoms with E-state index in [0.29, 0.717) is 17.0 Å². The smallest absolute Gasteiger partial charge is 0.178 e. The third kappa shape index (κ3) is 4.75. The van der Waals surface area contributed by atoms with Crippen LogP contribution in [-0.4, -0.2) is 35.1 Å². The van der Waals surface area contributed by atoms with Crippen LogP contribution < -0.4 is 9.64 Å². The molecule has 0 spiro atoms. The van der Waals surface area contributed by atoms with Gasteiger partial charge in [-0.15, -0.1) is 10.2 Å². The summed E-state index contributed by atoms with van der Waals surface area (Å²) in [6.07, 6.45) is 11.0. The number of ether oxygens (including phenoxy) is 1. The van der Waals surface area contributed by atoms with E-state index in [2.05, 4.69) is 38.5 Å². The second-order valence-corrected chi connectivity index (χ2v) is 9.31. The van der Waals surface area contributed by atoms with Gasteiger partial charge in [0, 0.05) is 18.5 Å². The second kappa shape index (κ2) is 9.49. The van der Waals surface area contributed by atoms with Gasteiger partial charge in [-0.2, -0.15) is 0 Å². The Morgan fingerprint density at radius 3 is 2.66 bits per heavy atom. The van der Waals surface area contributed by atoms with Crippen molar-refractivity contribution in [3.8, 4) is 5.75 Å². The number of hydrogen-bond acceptors (Lipinski definition) is 6. The van der Waals surface area contributed by atoms with Gasteiger partial charge in [-0.3, -0.25) is 0 Å². The molecule has 32 heavy (non-hydrogen) atoms. The zero-order chi connectivity index (χ0) is 21.9. The van der Waals surface area contributed by atoms with E-state index in [4.69, 9.17) is 20.9 Å². The van der Waals surface area contributed by atoms with Crippen molar-refractivity contribution in [2.24, 2.45) is 11.8 Å². The topological polar surface area (TPSA) is 64.3 Å². The first-order chi connectivity index (χ1) is 15.7. The van der Waals surface area contributed by atoms with E-state index >= 15 is 0 Å². The molecule has 0 radical (unpaired) electrons. The van der Waals surface area contributed by atoms with Gasteiger partial charge >= 0.3 is 0 Å². The highest BCUT2D eigenvalue weighted by atomic mass is 35.5. The Labute approximate surface area is 193 Å². The third-order valence-corrected chi connectivity index (χ3v) is 6.77. The highest BCUT2D eigenvalue weighted by molar-refractivity contribution is 6.29. The fourth-order valence-corrected chi connectivity index (χ4v) is 4.55. The monoisotopic (exact) mass is 452 g/mol. The summed E-state index contributed by atoms with van der Waals surface area (Å²) in [6.45, 7) is 4.79. The zero-order valence-electron chi connectivity index (χ0n) is 18.5. The number of fused-ring (bicyclic) bond motifs is 1. The number of benzene rings is 1. The van der Waals surface area contributed by atoms with Gasteiger partial charge in [-0.1, -0.05) is 28.9 Å². The van der Waals surface area contributed by atoms with Crippen molar-refractivity contribution >= 4 is 34.5 Å². The molecule has 1 saturated heterocycles. The van der Waals surface area contributed by atoms with E-state index in [0.717, 1.165) is 79.2 Å². The molecule has 3 aromatic rings. The van der Waals surface area contributed by atoms with Crippen LogP contribution in [0.15, 0.2) is 34.9 Å². The molecule has 0 bridgehead atoms. The van der Waals surface area contributed by atoms with Crippen LogP contribution in [0.2, 0.25) is 5.15 Å². The fourth-order valence-electron chi connectivity index (χ4n) is 4.45. The summed E-state index contributed by atoms with van der Waals surface area (Å²) in [4.78, 5) is 2.29. The molecule has 0 unspecified atom stereocenters. The van der Waals surface area contributed by atoms with Crippen LogP contribution in [-0.2, 0) is 6.42 Å². The van der Waals surface area contributed by atoms with Gasteiger partial charge < -0.3 is 14.2 Å². The molecule has 2 fully saturated rings. The van der Waals surface area contributed by atoms with Crippen LogP contribution in [0.25, 0.3) is 17.0 Å². The van der Waals surface area contributed by atoms with E-state index in [1.807, 2.05) is 19.1 Å². The molecule has 0 N–H and O–H groups in total. The number of piperidine rings is 1. The first kappa shape index (κ1) is 21.3. The number of rotatable bonds is 8. The Morgan fingerprint density at radius 2 is 1.94 bits per heavy atom. The van der Waals surface area contributed by atoms with Crippen LogP contribution in [0.1, 0.15) is 50.3 Å². The standard InChI is InChI=1S/C25H29ClN4O2/c1-2-3-20-22(31-16-18-4-5-18)9-7-19-21(29-32-25(19)20)8-6-17-12-14-30(15-13-17)24-11-10-23(26)27-28-24/h2-3,7,9-11,17-18H,4-6,8,12-16H2,1H3/b3-2+. The molecule has 1 aliphatic heterocycles. The Kier molecular flexibility index (Phi) is 6.30. The summed E-state index contributed by atoms with van der Waals surface area (Å²) in [5.74, 6) is 3.19. The molecule has 7 heteroatoms. The molecule has 5 rings (SSSR count). The summed E-state index contributed by atoms with van der Waals surface area (Å²) in [6, 6.07) is 7.93. The Bertz CT molecular complexity index is 1080. The average molecular weight is 453 g/mol. The molecule has 2 aromatic heterocycles. The van der Waals surface area contributed by atoms with Gasteiger partial charge in [0.15, 0.2) is 16.6 Å². The maximum absolute atomic E-state index is 6.08. The lowest BCUT2D eigenvalue weighted by Crippen LogP contribution is -2.34. The summed E-state index contributed by atoms with van der Waals surface area (Å²) in [7, 11) is 0. The first-order valence-electron chi connectivity index (χ1n) is 11.6. The molecule has 3 heterocycles. The molecule has 0 amide bonds. The lowest BCUT2D eigenvalue weighted by atomic mass is 9.91. The van der Waals surface area contributed by atoms with E-state index < -0.39 is 0 Å². The molecule has 1 aromatic carbocycles. The van der Waals surface area contributed by atoms with Gasteiger partial charge in [0.2, 0.25) is 0 Å². The molecule has 2 aliphatic rings. The SMILES string of the molecule is C/C=C/c1c(OCC2CC2)ccc2c(CCC3CCN(c4ccc(Cl)nn4)CC3)noc12. The molecule has 0 atom stereocenters. The number of hydrogen-bond donors (Lipinski definition) is 0. The molecular formula is C25H29ClN4O2. The number of halogens is 1. The van der Waals surface area contributed by atoms with E-state index in [1.54, 1.807) is 6.07 Å². The lowest BCUT2D eigenvalue weighted by molar-refractivity contribution is 0.299. The third-order valence-electron chi connectivity index (χ3n) is 6.56. The summed E-state index contributed by atoms with van der Waals surface area (Å²) >= 11 is 5.86. The highest BCUT2D eigenvalue weighted by Crippen LogP contribution is 2.35. The number of aryl methyl sites for hydroxylation is 1. The zero-order valence-corrected chi connectivity index (χ0v) is 19.2. The first-order valence-corrected chi connectivity index (χ1v) is 12.0. The van der Waals surface area contributed by atoms with Crippen molar-refractivity contribution in [2.75, 3.05) is 24.6 Å².